The van der Waals surface area contributed by atoms with Crippen molar-refractivity contribution in [3.63, 3.8) is 0 Å². The number of rotatable bonds is 2. The Balaban J connectivity index is 0.00000112. The molecular weight excluding hydrogens is 303 g/mol. The molecule has 0 aliphatic carbocycles. The van der Waals surface area contributed by atoms with Gasteiger partial charge in [-0.3, -0.25) is 0 Å². The molecule has 0 saturated heterocycles. The first kappa shape index (κ1) is 11.8. The normalized spacial score (nSPS) is 10.2. The maximum absolute atomic E-state index is 4.21. The third kappa shape index (κ3) is 3.43. The van der Waals surface area contributed by atoms with Crippen molar-refractivity contribution in [1.29, 1.82) is 0 Å². The molecule has 5 heteroatoms. The quantitative estimate of drug-likeness (QED) is 0.346. The molecule has 2 rings (SSSR count). The first-order valence-corrected chi connectivity index (χ1v) is 4.34. The number of benzene rings is 1. The molecule has 1 aromatic heterocycles. The van der Waals surface area contributed by atoms with Crippen molar-refractivity contribution in [3.05, 3.63) is 48.5 Å². The number of hydrogen-bond acceptors (Lipinski definition) is 2. The van der Waals surface area contributed by atoms with Gasteiger partial charge in [0.2, 0.25) is 6.33 Å². The molecule has 0 bridgehead atoms. The van der Waals surface area contributed by atoms with Crippen LogP contribution in [0.2, 0.25) is 0 Å². The van der Waals surface area contributed by atoms with Crippen molar-refractivity contribution in [2.45, 2.75) is 0 Å². The monoisotopic (exact) mass is 314 g/mol. The van der Waals surface area contributed by atoms with Crippen molar-refractivity contribution >= 4 is 6.21 Å². The fourth-order valence-electron chi connectivity index (χ4n) is 1.10. The van der Waals surface area contributed by atoms with Gasteiger partial charge in [-0.2, -0.15) is 0 Å². The second-order valence-electron chi connectivity index (χ2n) is 2.96. The molecule has 4 nitrogen and oxygen atoms in total. The van der Waals surface area contributed by atoms with E-state index in [0.29, 0.717) is 0 Å². The molecule has 1 aromatic carbocycles. The summed E-state index contributed by atoms with van der Waals surface area (Å²) in [6.07, 6.45) is 5.24. The Morgan fingerprint density at radius 2 is 2.07 bits per heavy atom. The molecule has 2 aromatic rings. The number of nitrogens with zero attached hydrogens (tertiary/aromatic N) is 4. The van der Waals surface area contributed by atoms with E-state index in [0.717, 1.165) is 5.56 Å². The van der Waals surface area contributed by atoms with Crippen LogP contribution in [-0.2, 0) is 7.05 Å². The molecule has 78 valence electrons. The molecule has 0 aliphatic rings. The summed E-state index contributed by atoms with van der Waals surface area (Å²) in [6.45, 7) is 0. The maximum Gasteiger partial charge on any atom is 0.288 e. The second kappa shape index (κ2) is 5.59. The summed E-state index contributed by atoms with van der Waals surface area (Å²) in [6, 6.07) is 9.94. The van der Waals surface area contributed by atoms with Crippen molar-refractivity contribution in [2.24, 2.45) is 12.1 Å². The first-order valence-electron chi connectivity index (χ1n) is 4.34. The summed E-state index contributed by atoms with van der Waals surface area (Å²) in [5.74, 6) is 0. The van der Waals surface area contributed by atoms with E-state index in [1.165, 1.54) is 0 Å². The summed E-state index contributed by atoms with van der Waals surface area (Å²) in [5, 5.41) is 8.20. The van der Waals surface area contributed by atoms with E-state index in [2.05, 4.69) is 10.2 Å². The second-order valence-corrected chi connectivity index (χ2v) is 2.96. The van der Waals surface area contributed by atoms with Crippen LogP contribution >= 0.6 is 0 Å². The minimum absolute atomic E-state index is 0. The van der Waals surface area contributed by atoms with Gasteiger partial charge in [-0.1, -0.05) is 30.3 Å². The van der Waals surface area contributed by atoms with Gasteiger partial charge in [0.15, 0.2) is 0 Å². The molecule has 0 unspecified atom stereocenters. The van der Waals surface area contributed by atoms with Crippen LogP contribution in [0, 0.1) is 0 Å². The van der Waals surface area contributed by atoms with E-state index < -0.39 is 0 Å². The third-order valence-electron chi connectivity index (χ3n) is 1.78. The molecular formula is C10H11IN4. The average molecular weight is 314 g/mol. The Kier molecular flexibility index (Phi) is 4.41. The number of halogens is 1. The predicted molar refractivity (Wildman–Crippen MR) is 52.8 cm³/mol. The van der Waals surface area contributed by atoms with E-state index in [9.17, 15) is 0 Å². The van der Waals surface area contributed by atoms with Crippen LogP contribution < -0.4 is 28.7 Å². The number of hydrogen-bond donors (Lipinski definition) is 0. The molecule has 1 heterocycles. The minimum atomic E-state index is 0. The molecule has 0 aliphatic heterocycles. The molecule has 0 atom stereocenters. The lowest BCUT2D eigenvalue weighted by Crippen LogP contribution is -3.00. The Hall–Kier alpha value is -1.24. The topological polar surface area (TPSA) is 34.1 Å². The fourth-order valence-corrected chi connectivity index (χ4v) is 1.10. The van der Waals surface area contributed by atoms with E-state index in [4.69, 9.17) is 0 Å². The van der Waals surface area contributed by atoms with Gasteiger partial charge in [-0.05, 0) is 5.56 Å². The fraction of sp³-hybridized carbons (Fsp3) is 0.100. The number of aryl methyl sites for hydroxylation is 1. The van der Waals surface area contributed by atoms with Gasteiger partial charge in [0.1, 0.15) is 0 Å². The third-order valence-corrected chi connectivity index (χ3v) is 1.78. The zero-order valence-electron chi connectivity index (χ0n) is 8.29. The summed E-state index contributed by atoms with van der Waals surface area (Å²) >= 11 is 0. The van der Waals surface area contributed by atoms with Crippen LogP contribution in [0.4, 0.5) is 0 Å². The Morgan fingerprint density at radius 1 is 1.33 bits per heavy atom. The van der Waals surface area contributed by atoms with Gasteiger partial charge >= 0.3 is 0 Å². The molecule has 0 radical (unpaired) electrons. The zero-order chi connectivity index (χ0) is 9.80. The maximum atomic E-state index is 4.21. The van der Waals surface area contributed by atoms with Crippen LogP contribution in [0.25, 0.3) is 0 Å². The van der Waals surface area contributed by atoms with Gasteiger partial charge in [-0.25, -0.2) is 0 Å². The first-order chi connectivity index (χ1) is 6.84. The lowest BCUT2D eigenvalue weighted by molar-refractivity contribution is -0.679. The summed E-state index contributed by atoms with van der Waals surface area (Å²) in [7, 11) is 1.86. The molecule has 0 saturated carbocycles. The number of aromatic nitrogens is 3. The molecule has 0 spiro atoms. The lowest BCUT2D eigenvalue weighted by Gasteiger charge is -1.87. The van der Waals surface area contributed by atoms with E-state index >= 15 is 0 Å². The van der Waals surface area contributed by atoms with Gasteiger partial charge < -0.3 is 24.0 Å². The molecule has 15 heavy (non-hydrogen) atoms. The van der Waals surface area contributed by atoms with E-state index in [1.807, 2.05) is 37.4 Å². The molecule has 0 amide bonds. The Morgan fingerprint density at radius 3 is 2.67 bits per heavy atom. The van der Waals surface area contributed by atoms with Crippen LogP contribution in [0.1, 0.15) is 5.56 Å². The van der Waals surface area contributed by atoms with Crippen LogP contribution in [0.3, 0.4) is 0 Å². The van der Waals surface area contributed by atoms with Crippen LogP contribution in [0.5, 0.6) is 0 Å². The highest BCUT2D eigenvalue weighted by Gasteiger charge is 1.96. The summed E-state index contributed by atoms with van der Waals surface area (Å²) in [4.78, 5) is 0. The molecule has 0 N–H and O–H groups in total. The van der Waals surface area contributed by atoms with Gasteiger partial charge in [0.05, 0.1) is 13.3 Å². The summed E-state index contributed by atoms with van der Waals surface area (Å²) in [5.41, 5.74) is 1.07. The van der Waals surface area contributed by atoms with E-state index in [-0.39, 0.29) is 24.0 Å². The summed E-state index contributed by atoms with van der Waals surface area (Å²) < 4.78 is 3.36. The van der Waals surface area contributed by atoms with Gasteiger partial charge in [0, 0.05) is 5.10 Å². The Labute approximate surface area is 105 Å². The smallest absolute Gasteiger partial charge is 0.288 e. The van der Waals surface area contributed by atoms with Crippen LogP contribution in [0.15, 0.2) is 48.1 Å². The minimum Gasteiger partial charge on any atom is -1.00 e. The Bertz CT molecular complexity index is 436. The molecule has 0 fully saturated rings. The zero-order valence-corrected chi connectivity index (χ0v) is 10.4. The largest absolute Gasteiger partial charge is 1.00 e. The van der Waals surface area contributed by atoms with Crippen molar-refractivity contribution in [3.8, 4) is 0 Å². The van der Waals surface area contributed by atoms with Crippen molar-refractivity contribution in [2.75, 3.05) is 0 Å². The van der Waals surface area contributed by atoms with Crippen molar-refractivity contribution in [1.82, 2.24) is 9.78 Å². The SMILES string of the molecule is Cn1c[n+](/N=C/c2ccccc2)cn1.[I-]. The van der Waals surface area contributed by atoms with E-state index in [1.54, 1.807) is 28.2 Å². The van der Waals surface area contributed by atoms with Gasteiger partial charge in [0.25, 0.3) is 6.33 Å². The highest BCUT2D eigenvalue weighted by atomic mass is 127. The standard InChI is InChI=1S/C10H11N4.HI/c1-13-9-14(8-12-13)11-7-10-5-3-2-4-6-10;/h2-9H,1H3;1H/q+1;/p-1/b11-7+;. The highest BCUT2D eigenvalue weighted by molar-refractivity contribution is 5.78. The highest BCUT2D eigenvalue weighted by Crippen LogP contribution is 1.92. The average Bonchev–Trinajstić information content (AvgIpc) is 2.63. The van der Waals surface area contributed by atoms with Crippen molar-refractivity contribution < 1.29 is 28.7 Å². The van der Waals surface area contributed by atoms with Gasteiger partial charge in [-0.15, -0.1) is 14.5 Å². The lowest BCUT2D eigenvalue weighted by atomic mass is 10.2. The predicted octanol–water partition coefficient (Wildman–Crippen LogP) is -2.41. The van der Waals surface area contributed by atoms with Crippen LogP contribution in [-0.4, -0.2) is 16.0 Å².